The molecular formula is C22H25FN2O2. The van der Waals surface area contributed by atoms with Gasteiger partial charge in [-0.05, 0) is 23.1 Å². The first kappa shape index (κ1) is 19.1. The summed E-state index contributed by atoms with van der Waals surface area (Å²) in [5, 5.41) is 0. The smallest absolute Gasteiger partial charge is 0.256 e. The second-order valence-electron chi connectivity index (χ2n) is 7.58. The van der Waals surface area contributed by atoms with Crippen molar-refractivity contribution in [1.82, 2.24) is 9.80 Å². The van der Waals surface area contributed by atoms with Crippen LogP contribution in [0.4, 0.5) is 4.39 Å². The van der Waals surface area contributed by atoms with Crippen molar-refractivity contribution >= 4 is 11.8 Å². The van der Waals surface area contributed by atoms with Gasteiger partial charge >= 0.3 is 0 Å². The van der Waals surface area contributed by atoms with Gasteiger partial charge in [0.15, 0.2) is 0 Å². The lowest BCUT2D eigenvalue weighted by molar-refractivity contribution is -0.133. The van der Waals surface area contributed by atoms with E-state index in [2.05, 4.69) is 13.8 Å². The Balaban J connectivity index is 1.58. The summed E-state index contributed by atoms with van der Waals surface area (Å²) in [5.74, 6) is -0.739. The molecule has 1 heterocycles. The minimum Gasteiger partial charge on any atom is -0.339 e. The fraction of sp³-hybridized carbons (Fsp3) is 0.364. The fourth-order valence-electron chi connectivity index (χ4n) is 3.45. The first-order valence-electron chi connectivity index (χ1n) is 9.25. The summed E-state index contributed by atoms with van der Waals surface area (Å²) in [6.07, 6.45) is 0.415. The van der Waals surface area contributed by atoms with Crippen molar-refractivity contribution < 1.29 is 14.0 Å². The van der Waals surface area contributed by atoms with E-state index in [1.54, 1.807) is 21.9 Å². The number of benzene rings is 2. The van der Waals surface area contributed by atoms with Gasteiger partial charge in [0, 0.05) is 32.6 Å². The number of hydrogen-bond donors (Lipinski definition) is 0. The van der Waals surface area contributed by atoms with Crippen molar-refractivity contribution in [3.8, 4) is 0 Å². The van der Waals surface area contributed by atoms with Gasteiger partial charge in [-0.2, -0.15) is 0 Å². The number of amides is 2. The van der Waals surface area contributed by atoms with Gasteiger partial charge in [0.1, 0.15) is 5.82 Å². The summed E-state index contributed by atoms with van der Waals surface area (Å²) in [6.45, 7) is 5.93. The van der Waals surface area contributed by atoms with Gasteiger partial charge in [0.05, 0.1) is 5.56 Å². The molecule has 0 atom stereocenters. The lowest BCUT2D eigenvalue weighted by Crippen LogP contribution is -2.51. The molecule has 1 aliphatic heterocycles. The van der Waals surface area contributed by atoms with Gasteiger partial charge in [-0.1, -0.05) is 56.3 Å². The summed E-state index contributed by atoms with van der Waals surface area (Å²) in [4.78, 5) is 28.7. The zero-order valence-electron chi connectivity index (χ0n) is 15.8. The Morgan fingerprint density at radius 2 is 1.44 bits per heavy atom. The van der Waals surface area contributed by atoms with E-state index in [-0.39, 0.29) is 22.8 Å². The highest BCUT2D eigenvalue weighted by molar-refractivity contribution is 5.94. The molecule has 1 aliphatic rings. The quantitative estimate of drug-likeness (QED) is 0.829. The van der Waals surface area contributed by atoms with E-state index in [0.717, 1.165) is 5.56 Å². The molecule has 0 aromatic heterocycles. The summed E-state index contributed by atoms with van der Waals surface area (Å²) in [6, 6.07) is 16.0. The molecule has 0 bridgehead atoms. The lowest BCUT2D eigenvalue weighted by Gasteiger charge is -2.36. The third kappa shape index (κ3) is 4.35. The maximum Gasteiger partial charge on any atom is 0.256 e. The number of nitrogens with zero attached hydrogens (tertiary/aromatic N) is 2. The summed E-state index contributed by atoms with van der Waals surface area (Å²) >= 11 is 0. The van der Waals surface area contributed by atoms with E-state index in [9.17, 15) is 14.0 Å². The maximum absolute atomic E-state index is 13.8. The molecule has 0 saturated carbocycles. The molecule has 3 rings (SSSR count). The van der Waals surface area contributed by atoms with Crippen LogP contribution >= 0.6 is 0 Å². The summed E-state index contributed by atoms with van der Waals surface area (Å²) in [7, 11) is 0. The lowest BCUT2D eigenvalue weighted by atomic mass is 9.81. The van der Waals surface area contributed by atoms with E-state index in [0.29, 0.717) is 32.6 Å². The Hall–Kier alpha value is -2.69. The number of carbonyl (C=O) groups is 2. The highest BCUT2D eigenvalue weighted by atomic mass is 19.1. The molecule has 2 amide bonds. The fourth-order valence-corrected chi connectivity index (χ4v) is 3.45. The molecule has 1 saturated heterocycles. The van der Waals surface area contributed by atoms with Crippen molar-refractivity contribution in [3.05, 3.63) is 71.5 Å². The molecule has 27 heavy (non-hydrogen) atoms. The molecule has 0 aliphatic carbocycles. The normalized spacial score (nSPS) is 14.9. The highest BCUT2D eigenvalue weighted by Crippen LogP contribution is 2.27. The van der Waals surface area contributed by atoms with Crippen molar-refractivity contribution in [2.45, 2.75) is 25.7 Å². The molecule has 1 fully saturated rings. The second-order valence-corrected chi connectivity index (χ2v) is 7.58. The van der Waals surface area contributed by atoms with Crippen LogP contribution in [0.3, 0.4) is 0 Å². The van der Waals surface area contributed by atoms with Crippen LogP contribution in [0.15, 0.2) is 54.6 Å². The van der Waals surface area contributed by atoms with Gasteiger partial charge in [-0.25, -0.2) is 4.39 Å². The van der Waals surface area contributed by atoms with Gasteiger partial charge in [0.2, 0.25) is 5.91 Å². The monoisotopic (exact) mass is 368 g/mol. The van der Waals surface area contributed by atoms with Crippen molar-refractivity contribution in [3.63, 3.8) is 0 Å². The first-order valence-corrected chi connectivity index (χ1v) is 9.25. The standard InChI is InChI=1S/C22H25FN2O2/c1-22(2,17-8-4-3-5-9-17)16-20(26)24-12-14-25(15-13-24)21(27)18-10-6-7-11-19(18)23/h3-11H,12-16H2,1-2H3. The predicted molar refractivity (Wildman–Crippen MR) is 103 cm³/mol. The average Bonchev–Trinajstić information content (AvgIpc) is 2.68. The molecule has 0 spiro atoms. The average molecular weight is 368 g/mol. The van der Waals surface area contributed by atoms with Crippen LogP contribution in [0, 0.1) is 5.82 Å². The van der Waals surface area contributed by atoms with Gasteiger partial charge < -0.3 is 9.80 Å². The highest BCUT2D eigenvalue weighted by Gasteiger charge is 2.30. The van der Waals surface area contributed by atoms with Gasteiger partial charge in [0.25, 0.3) is 5.91 Å². The molecule has 5 heteroatoms. The van der Waals surface area contributed by atoms with E-state index in [1.807, 2.05) is 30.3 Å². The zero-order valence-corrected chi connectivity index (χ0v) is 15.8. The van der Waals surface area contributed by atoms with Crippen molar-refractivity contribution in [2.75, 3.05) is 26.2 Å². The van der Waals surface area contributed by atoms with Crippen LogP contribution in [-0.4, -0.2) is 47.8 Å². The number of halogens is 1. The van der Waals surface area contributed by atoms with Gasteiger partial charge in [-0.3, -0.25) is 9.59 Å². The number of piperazine rings is 1. The molecule has 2 aromatic rings. The Kier molecular flexibility index (Phi) is 5.59. The van der Waals surface area contributed by atoms with E-state index >= 15 is 0 Å². The minimum atomic E-state index is -0.509. The van der Waals surface area contributed by atoms with Crippen LogP contribution in [0.1, 0.15) is 36.2 Å². The first-order chi connectivity index (χ1) is 12.9. The number of carbonyl (C=O) groups excluding carboxylic acids is 2. The topological polar surface area (TPSA) is 40.6 Å². The number of rotatable bonds is 4. The molecule has 0 unspecified atom stereocenters. The SMILES string of the molecule is CC(C)(CC(=O)N1CCN(C(=O)c2ccccc2F)CC1)c1ccccc1. The Labute approximate surface area is 159 Å². The largest absolute Gasteiger partial charge is 0.339 e. The van der Waals surface area contributed by atoms with E-state index < -0.39 is 5.82 Å². The summed E-state index contributed by atoms with van der Waals surface area (Å²) < 4.78 is 13.8. The Bertz CT molecular complexity index is 812. The molecule has 0 radical (unpaired) electrons. The third-order valence-corrected chi connectivity index (χ3v) is 5.17. The molecule has 0 N–H and O–H groups in total. The van der Waals surface area contributed by atoms with Crippen LogP contribution in [0.2, 0.25) is 0 Å². The zero-order chi connectivity index (χ0) is 19.4. The van der Waals surface area contributed by atoms with Crippen LogP contribution < -0.4 is 0 Å². The van der Waals surface area contributed by atoms with Crippen molar-refractivity contribution in [2.24, 2.45) is 0 Å². The predicted octanol–water partition coefficient (Wildman–Crippen LogP) is 3.48. The minimum absolute atomic E-state index is 0.0850. The number of hydrogen-bond acceptors (Lipinski definition) is 2. The Morgan fingerprint density at radius 3 is 2.07 bits per heavy atom. The third-order valence-electron chi connectivity index (χ3n) is 5.17. The van der Waals surface area contributed by atoms with Crippen LogP contribution in [-0.2, 0) is 10.2 Å². The van der Waals surface area contributed by atoms with Crippen molar-refractivity contribution in [1.29, 1.82) is 0 Å². The van der Waals surface area contributed by atoms with Crippen LogP contribution in [0.25, 0.3) is 0 Å². The second kappa shape index (κ2) is 7.91. The molecule has 142 valence electrons. The van der Waals surface area contributed by atoms with Crippen LogP contribution in [0.5, 0.6) is 0 Å². The molecule has 2 aromatic carbocycles. The Morgan fingerprint density at radius 1 is 0.889 bits per heavy atom. The maximum atomic E-state index is 13.8. The van der Waals surface area contributed by atoms with E-state index in [4.69, 9.17) is 0 Å². The summed E-state index contributed by atoms with van der Waals surface area (Å²) in [5.41, 5.74) is 0.965. The van der Waals surface area contributed by atoms with E-state index in [1.165, 1.54) is 12.1 Å². The van der Waals surface area contributed by atoms with Gasteiger partial charge in [-0.15, -0.1) is 0 Å². The molecule has 4 nitrogen and oxygen atoms in total. The molecular weight excluding hydrogens is 343 g/mol.